The summed E-state index contributed by atoms with van der Waals surface area (Å²) in [5, 5.41) is 8.45. The molecule has 28 heavy (non-hydrogen) atoms. The average Bonchev–Trinajstić information content (AvgIpc) is 3.02. The molecule has 2 aromatic heterocycles. The molecule has 0 saturated carbocycles. The number of nitrogens with zero attached hydrogens (tertiary/aromatic N) is 3. The van der Waals surface area contributed by atoms with Crippen molar-refractivity contribution in [2.24, 2.45) is 0 Å². The Morgan fingerprint density at radius 1 is 1.25 bits per heavy atom. The van der Waals surface area contributed by atoms with Gasteiger partial charge < -0.3 is 9.72 Å². The fourth-order valence-corrected chi connectivity index (χ4v) is 3.59. The van der Waals surface area contributed by atoms with Gasteiger partial charge in [-0.15, -0.1) is 10.2 Å². The monoisotopic (exact) mass is 401 g/mol. The van der Waals surface area contributed by atoms with E-state index >= 15 is 0 Å². The van der Waals surface area contributed by atoms with Crippen LogP contribution in [0.25, 0.3) is 5.69 Å². The van der Waals surface area contributed by atoms with Gasteiger partial charge in [-0.05, 0) is 31.5 Å². The number of aromatic amines is 2. The van der Waals surface area contributed by atoms with Crippen LogP contribution in [0.15, 0.2) is 45.1 Å². The zero-order valence-electron chi connectivity index (χ0n) is 15.6. The van der Waals surface area contributed by atoms with E-state index in [1.807, 2.05) is 31.2 Å². The maximum absolute atomic E-state index is 11.8. The third-order valence-corrected chi connectivity index (χ3v) is 4.96. The van der Waals surface area contributed by atoms with Gasteiger partial charge in [-0.3, -0.25) is 19.1 Å². The van der Waals surface area contributed by atoms with Crippen molar-refractivity contribution in [2.45, 2.75) is 30.7 Å². The third kappa shape index (κ3) is 4.39. The molecule has 0 radical (unpaired) electrons. The highest BCUT2D eigenvalue weighted by Crippen LogP contribution is 2.27. The van der Waals surface area contributed by atoms with E-state index in [0.717, 1.165) is 11.3 Å². The minimum absolute atomic E-state index is 0.188. The van der Waals surface area contributed by atoms with E-state index in [0.29, 0.717) is 16.7 Å². The number of nitrogens with one attached hydrogen (secondary N) is 2. The zero-order chi connectivity index (χ0) is 20.3. The topological polar surface area (TPSA) is 123 Å². The number of benzene rings is 1. The number of rotatable bonds is 6. The fourth-order valence-electron chi connectivity index (χ4n) is 2.67. The van der Waals surface area contributed by atoms with Crippen molar-refractivity contribution < 1.29 is 9.53 Å². The van der Waals surface area contributed by atoms with E-state index in [2.05, 4.69) is 20.2 Å². The standard InChI is InChI=1S/C18H19N5O4S/c1-10-5-4-6-13(7-10)23-14(8-12-9-15(24)20-17(26)19-12)21-22-18(23)28-11(2)16(25)27-3/h4-7,9,11H,8H2,1-3H3,(H2,19,20,24,26)/t11-/m0/s1. The molecule has 9 nitrogen and oxygen atoms in total. The number of methoxy groups -OCH3 is 1. The quantitative estimate of drug-likeness (QED) is 0.470. The molecule has 3 rings (SSSR count). The summed E-state index contributed by atoms with van der Waals surface area (Å²) in [6.07, 6.45) is 0.188. The van der Waals surface area contributed by atoms with Crippen molar-refractivity contribution in [3.63, 3.8) is 0 Å². The Labute approximate surface area is 164 Å². The highest BCUT2D eigenvalue weighted by atomic mass is 32.2. The van der Waals surface area contributed by atoms with E-state index < -0.39 is 16.5 Å². The van der Waals surface area contributed by atoms with Crippen molar-refractivity contribution in [3.05, 3.63) is 68.3 Å². The van der Waals surface area contributed by atoms with Gasteiger partial charge in [-0.1, -0.05) is 23.9 Å². The summed E-state index contributed by atoms with van der Waals surface area (Å²) < 4.78 is 6.58. The van der Waals surface area contributed by atoms with Gasteiger partial charge >= 0.3 is 11.7 Å². The summed E-state index contributed by atoms with van der Waals surface area (Å²) in [5.74, 6) is 0.149. The highest BCUT2D eigenvalue weighted by Gasteiger charge is 2.22. The number of ether oxygens (including phenoxy) is 1. The second-order valence-corrected chi connectivity index (χ2v) is 7.45. The number of esters is 1. The van der Waals surface area contributed by atoms with Crippen LogP contribution in [0.3, 0.4) is 0 Å². The highest BCUT2D eigenvalue weighted by molar-refractivity contribution is 8.00. The van der Waals surface area contributed by atoms with Crippen molar-refractivity contribution in [1.82, 2.24) is 24.7 Å². The van der Waals surface area contributed by atoms with Crippen LogP contribution in [0, 0.1) is 6.92 Å². The van der Waals surface area contributed by atoms with E-state index in [9.17, 15) is 14.4 Å². The van der Waals surface area contributed by atoms with Crippen LogP contribution < -0.4 is 11.2 Å². The maximum Gasteiger partial charge on any atom is 0.325 e. The Morgan fingerprint density at radius 2 is 2.04 bits per heavy atom. The predicted octanol–water partition coefficient (Wildman–Crippen LogP) is 1.20. The molecule has 3 aromatic rings. The zero-order valence-corrected chi connectivity index (χ0v) is 16.4. The molecule has 10 heteroatoms. The molecule has 0 amide bonds. The lowest BCUT2D eigenvalue weighted by Gasteiger charge is -2.13. The summed E-state index contributed by atoms with van der Waals surface area (Å²) in [6.45, 7) is 3.69. The molecule has 0 unspecified atom stereocenters. The summed E-state index contributed by atoms with van der Waals surface area (Å²) in [4.78, 5) is 39.7. The first-order valence-electron chi connectivity index (χ1n) is 8.45. The largest absolute Gasteiger partial charge is 0.468 e. The molecule has 1 aromatic carbocycles. The van der Waals surface area contributed by atoms with Crippen molar-refractivity contribution in [1.29, 1.82) is 0 Å². The number of hydrogen-bond donors (Lipinski definition) is 2. The van der Waals surface area contributed by atoms with Gasteiger partial charge in [0, 0.05) is 23.9 Å². The molecule has 0 saturated heterocycles. The summed E-state index contributed by atoms with van der Waals surface area (Å²) >= 11 is 1.22. The first kappa shape index (κ1) is 19.6. The van der Waals surface area contributed by atoms with Crippen LogP contribution in [0.1, 0.15) is 24.0 Å². The van der Waals surface area contributed by atoms with E-state index in [1.165, 1.54) is 24.9 Å². The lowest BCUT2D eigenvalue weighted by Crippen LogP contribution is -2.23. The molecule has 0 spiro atoms. The SMILES string of the molecule is COC(=O)[C@H](C)Sc1nnc(Cc2cc(=O)[nH]c(=O)[nH]2)n1-c1cccc(C)c1. The summed E-state index contributed by atoms with van der Waals surface area (Å²) in [7, 11) is 1.33. The Hall–Kier alpha value is -3.14. The number of carbonyl (C=O) groups excluding carboxylic acids is 1. The minimum Gasteiger partial charge on any atom is -0.468 e. The van der Waals surface area contributed by atoms with E-state index in [1.54, 1.807) is 11.5 Å². The Kier molecular flexibility index (Phi) is 5.78. The number of hydrogen-bond acceptors (Lipinski definition) is 7. The van der Waals surface area contributed by atoms with E-state index in [4.69, 9.17) is 4.74 Å². The third-order valence-electron chi connectivity index (χ3n) is 3.94. The fraction of sp³-hybridized carbons (Fsp3) is 0.278. The number of H-pyrrole nitrogens is 2. The van der Waals surface area contributed by atoms with Gasteiger partial charge in [0.25, 0.3) is 5.56 Å². The number of thioether (sulfide) groups is 1. The van der Waals surface area contributed by atoms with Crippen LogP contribution >= 0.6 is 11.8 Å². The average molecular weight is 401 g/mol. The number of aromatic nitrogens is 5. The number of aryl methyl sites for hydroxylation is 1. The lowest BCUT2D eigenvalue weighted by molar-refractivity contribution is -0.139. The van der Waals surface area contributed by atoms with Crippen LogP contribution in [-0.4, -0.2) is 43.1 Å². The van der Waals surface area contributed by atoms with Gasteiger partial charge in [0.1, 0.15) is 11.1 Å². The Balaban J connectivity index is 2.05. The number of carbonyl (C=O) groups is 1. The van der Waals surface area contributed by atoms with Gasteiger partial charge in [0.2, 0.25) is 0 Å². The summed E-state index contributed by atoms with van der Waals surface area (Å²) in [6, 6.07) is 9.03. The maximum atomic E-state index is 11.8. The van der Waals surface area contributed by atoms with E-state index in [-0.39, 0.29) is 12.4 Å². The van der Waals surface area contributed by atoms with Crippen LogP contribution in [0.2, 0.25) is 0 Å². The predicted molar refractivity (Wildman–Crippen MR) is 104 cm³/mol. The molecule has 146 valence electrons. The molecule has 0 aliphatic heterocycles. The smallest absolute Gasteiger partial charge is 0.325 e. The molecular formula is C18H19N5O4S. The van der Waals surface area contributed by atoms with Crippen molar-refractivity contribution in [3.8, 4) is 5.69 Å². The Bertz CT molecular complexity index is 1090. The van der Waals surface area contributed by atoms with Crippen molar-refractivity contribution in [2.75, 3.05) is 7.11 Å². The lowest BCUT2D eigenvalue weighted by atomic mass is 10.2. The minimum atomic E-state index is -0.585. The molecule has 0 aliphatic carbocycles. The summed E-state index contributed by atoms with van der Waals surface area (Å²) in [5.41, 5.74) is 1.19. The van der Waals surface area contributed by atoms with Gasteiger partial charge in [0.05, 0.1) is 7.11 Å². The molecule has 0 aliphatic rings. The normalized spacial score (nSPS) is 12.0. The first-order valence-corrected chi connectivity index (χ1v) is 9.33. The second-order valence-electron chi connectivity index (χ2n) is 6.15. The molecule has 0 bridgehead atoms. The van der Waals surface area contributed by atoms with Crippen molar-refractivity contribution >= 4 is 17.7 Å². The van der Waals surface area contributed by atoms with Crippen LogP contribution in [0.5, 0.6) is 0 Å². The van der Waals surface area contributed by atoms with Gasteiger partial charge in [-0.2, -0.15) is 0 Å². The van der Waals surface area contributed by atoms with Gasteiger partial charge in [0.15, 0.2) is 5.16 Å². The van der Waals surface area contributed by atoms with Gasteiger partial charge in [-0.25, -0.2) is 4.79 Å². The molecule has 2 heterocycles. The molecular weight excluding hydrogens is 382 g/mol. The Morgan fingerprint density at radius 3 is 2.71 bits per heavy atom. The first-order chi connectivity index (χ1) is 13.4. The van der Waals surface area contributed by atoms with Crippen LogP contribution in [0.4, 0.5) is 0 Å². The molecule has 2 N–H and O–H groups in total. The second kappa shape index (κ2) is 8.26. The van der Waals surface area contributed by atoms with Crippen LogP contribution in [-0.2, 0) is 16.0 Å². The molecule has 1 atom stereocenters. The molecule has 0 fully saturated rings.